The van der Waals surface area contributed by atoms with E-state index in [1.165, 1.54) is 40.8 Å². The third-order valence-corrected chi connectivity index (χ3v) is 4.30. The van der Waals surface area contributed by atoms with Crippen molar-refractivity contribution in [3.8, 4) is 0 Å². The van der Waals surface area contributed by atoms with E-state index < -0.39 is 0 Å². The summed E-state index contributed by atoms with van der Waals surface area (Å²) in [5.41, 5.74) is 6.98. The van der Waals surface area contributed by atoms with Gasteiger partial charge in [0, 0.05) is 5.69 Å². The Balaban J connectivity index is 1.78. The van der Waals surface area contributed by atoms with Crippen LogP contribution in [-0.2, 0) is 6.42 Å². The molecule has 1 unspecified atom stereocenters. The predicted octanol–water partition coefficient (Wildman–Crippen LogP) is 5.22. The fraction of sp³-hybridized carbons (Fsp3) is 0.368. The van der Waals surface area contributed by atoms with Crippen LogP contribution in [0.25, 0.3) is 0 Å². The molecule has 2 aromatic carbocycles. The molecule has 1 aliphatic rings. The molecule has 1 N–H and O–H groups in total. The molecular formula is C19H23N. The molecule has 104 valence electrons. The van der Waals surface area contributed by atoms with Crippen molar-refractivity contribution in [1.82, 2.24) is 0 Å². The van der Waals surface area contributed by atoms with Crippen molar-refractivity contribution in [2.24, 2.45) is 0 Å². The van der Waals surface area contributed by atoms with Crippen molar-refractivity contribution in [2.75, 3.05) is 5.32 Å². The van der Waals surface area contributed by atoms with E-state index in [0.717, 1.165) is 0 Å². The van der Waals surface area contributed by atoms with E-state index in [1.807, 2.05) is 0 Å². The number of hydrogen-bond donors (Lipinski definition) is 1. The van der Waals surface area contributed by atoms with Gasteiger partial charge in [-0.3, -0.25) is 0 Å². The fourth-order valence-corrected chi connectivity index (χ4v) is 3.04. The number of anilines is 1. The third kappa shape index (κ3) is 2.58. The lowest BCUT2D eigenvalue weighted by Crippen LogP contribution is -2.07. The summed E-state index contributed by atoms with van der Waals surface area (Å²) in [6.45, 7) is 6.64. The van der Waals surface area contributed by atoms with Gasteiger partial charge >= 0.3 is 0 Å². The Labute approximate surface area is 122 Å². The molecular weight excluding hydrogens is 242 g/mol. The monoisotopic (exact) mass is 265 g/mol. The first-order chi connectivity index (χ1) is 9.63. The van der Waals surface area contributed by atoms with E-state index in [2.05, 4.69) is 68.6 Å². The molecule has 0 bridgehead atoms. The SMILES string of the molecule is Cc1ccc2c(c1)C(Nc1ccc(C(C)C)cc1)CC2. The second kappa shape index (κ2) is 5.32. The lowest BCUT2D eigenvalue weighted by molar-refractivity contribution is 0.761. The molecule has 0 aromatic heterocycles. The van der Waals surface area contributed by atoms with E-state index in [0.29, 0.717) is 12.0 Å². The zero-order valence-electron chi connectivity index (χ0n) is 12.6. The van der Waals surface area contributed by atoms with Crippen molar-refractivity contribution in [3.63, 3.8) is 0 Å². The zero-order valence-corrected chi connectivity index (χ0v) is 12.6. The van der Waals surface area contributed by atoms with Gasteiger partial charge in [-0.05, 0) is 54.5 Å². The van der Waals surface area contributed by atoms with Crippen LogP contribution in [0.4, 0.5) is 5.69 Å². The maximum Gasteiger partial charge on any atom is 0.0519 e. The number of benzene rings is 2. The van der Waals surface area contributed by atoms with Crippen LogP contribution in [0.3, 0.4) is 0 Å². The molecule has 2 aromatic rings. The minimum atomic E-state index is 0.467. The Morgan fingerprint density at radius 2 is 1.80 bits per heavy atom. The largest absolute Gasteiger partial charge is 0.378 e. The molecule has 0 saturated carbocycles. The molecule has 0 amide bonds. The highest BCUT2D eigenvalue weighted by atomic mass is 14.9. The fourth-order valence-electron chi connectivity index (χ4n) is 3.04. The first-order valence-electron chi connectivity index (χ1n) is 7.59. The lowest BCUT2D eigenvalue weighted by Gasteiger charge is -2.17. The Hall–Kier alpha value is -1.76. The van der Waals surface area contributed by atoms with Crippen molar-refractivity contribution >= 4 is 5.69 Å². The number of rotatable bonds is 3. The average Bonchev–Trinajstić information content (AvgIpc) is 2.82. The number of aryl methyl sites for hydroxylation is 2. The number of fused-ring (bicyclic) bond motifs is 1. The van der Waals surface area contributed by atoms with Gasteiger partial charge in [0.25, 0.3) is 0 Å². The van der Waals surface area contributed by atoms with Crippen LogP contribution in [0.2, 0.25) is 0 Å². The lowest BCUT2D eigenvalue weighted by atomic mass is 10.0. The summed E-state index contributed by atoms with van der Waals surface area (Å²) in [5, 5.41) is 3.69. The van der Waals surface area contributed by atoms with Gasteiger partial charge in [-0.2, -0.15) is 0 Å². The van der Waals surface area contributed by atoms with Crippen LogP contribution in [0, 0.1) is 6.92 Å². The van der Waals surface area contributed by atoms with Gasteiger partial charge < -0.3 is 5.32 Å². The molecule has 1 atom stereocenters. The van der Waals surface area contributed by atoms with Crippen LogP contribution >= 0.6 is 0 Å². The maximum atomic E-state index is 3.69. The quantitative estimate of drug-likeness (QED) is 0.802. The first kappa shape index (κ1) is 13.2. The minimum Gasteiger partial charge on any atom is -0.378 e. The Morgan fingerprint density at radius 3 is 2.50 bits per heavy atom. The Bertz CT molecular complexity index is 596. The standard InChI is InChI=1S/C19H23N/c1-13(2)15-6-9-17(10-7-15)20-19-11-8-16-5-4-14(3)12-18(16)19/h4-7,9-10,12-13,19-20H,8,11H2,1-3H3. The highest BCUT2D eigenvalue weighted by molar-refractivity contribution is 5.50. The zero-order chi connectivity index (χ0) is 14.1. The summed E-state index contributed by atoms with van der Waals surface area (Å²) in [5.74, 6) is 0.596. The van der Waals surface area contributed by atoms with Crippen LogP contribution in [0.5, 0.6) is 0 Å². The molecule has 0 aliphatic heterocycles. The smallest absolute Gasteiger partial charge is 0.0519 e. The summed E-state index contributed by atoms with van der Waals surface area (Å²) < 4.78 is 0. The third-order valence-electron chi connectivity index (χ3n) is 4.30. The molecule has 20 heavy (non-hydrogen) atoms. The van der Waals surface area contributed by atoms with Crippen molar-refractivity contribution in [1.29, 1.82) is 0 Å². The van der Waals surface area contributed by atoms with Gasteiger partial charge in [0.05, 0.1) is 6.04 Å². The van der Waals surface area contributed by atoms with E-state index in [9.17, 15) is 0 Å². The van der Waals surface area contributed by atoms with Crippen LogP contribution in [0.15, 0.2) is 42.5 Å². The number of nitrogens with one attached hydrogen (secondary N) is 1. The highest BCUT2D eigenvalue weighted by Crippen LogP contribution is 2.34. The van der Waals surface area contributed by atoms with Gasteiger partial charge in [0.1, 0.15) is 0 Å². The van der Waals surface area contributed by atoms with E-state index in [-0.39, 0.29) is 0 Å². The summed E-state index contributed by atoms with van der Waals surface area (Å²) in [4.78, 5) is 0. The van der Waals surface area contributed by atoms with E-state index >= 15 is 0 Å². The van der Waals surface area contributed by atoms with Crippen molar-refractivity contribution in [2.45, 2.75) is 45.6 Å². The van der Waals surface area contributed by atoms with E-state index in [4.69, 9.17) is 0 Å². The number of hydrogen-bond acceptors (Lipinski definition) is 1. The second-order valence-corrected chi connectivity index (χ2v) is 6.21. The van der Waals surface area contributed by atoms with Gasteiger partial charge in [0.15, 0.2) is 0 Å². The van der Waals surface area contributed by atoms with Gasteiger partial charge in [-0.15, -0.1) is 0 Å². The van der Waals surface area contributed by atoms with Crippen molar-refractivity contribution < 1.29 is 0 Å². The van der Waals surface area contributed by atoms with Gasteiger partial charge in [0.2, 0.25) is 0 Å². The summed E-state index contributed by atoms with van der Waals surface area (Å²) >= 11 is 0. The highest BCUT2D eigenvalue weighted by Gasteiger charge is 2.22. The summed E-state index contributed by atoms with van der Waals surface area (Å²) in [6, 6.07) is 16.2. The summed E-state index contributed by atoms with van der Waals surface area (Å²) in [6.07, 6.45) is 2.39. The minimum absolute atomic E-state index is 0.467. The first-order valence-corrected chi connectivity index (χ1v) is 7.59. The molecule has 1 aliphatic carbocycles. The molecule has 0 fully saturated rings. The summed E-state index contributed by atoms with van der Waals surface area (Å²) in [7, 11) is 0. The Morgan fingerprint density at radius 1 is 1.05 bits per heavy atom. The topological polar surface area (TPSA) is 12.0 Å². The molecule has 0 spiro atoms. The molecule has 0 radical (unpaired) electrons. The maximum absolute atomic E-state index is 3.69. The van der Waals surface area contributed by atoms with Crippen LogP contribution in [-0.4, -0.2) is 0 Å². The average molecular weight is 265 g/mol. The molecule has 3 rings (SSSR count). The van der Waals surface area contributed by atoms with Gasteiger partial charge in [-0.1, -0.05) is 49.7 Å². The van der Waals surface area contributed by atoms with Gasteiger partial charge in [-0.25, -0.2) is 0 Å². The molecule has 1 heteroatoms. The van der Waals surface area contributed by atoms with Crippen LogP contribution in [0.1, 0.15) is 54.5 Å². The van der Waals surface area contributed by atoms with E-state index in [1.54, 1.807) is 0 Å². The van der Waals surface area contributed by atoms with Crippen molar-refractivity contribution in [3.05, 3.63) is 64.7 Å². The Kier molecular flexibility index (Phi) is 3.52. The normalized spacial score (nSPS) is 17.3. The molecule has 0 saturated heterocycles. The predicted molar refractivity (Wildman–Crippen MR) is 86.4 cm³/mol. The van der Waals surface area contributed by atoms with Crippen LogP contribution < -0.4 is 5.32 Å². The second-order valence-electron chi connectivity index (χ2n) is 6.21. The molecule has 1 nitrogen and oxygen atoms in total. The molecule has 0 heterocycles.